The fourth-order valence-electron chi connectivity index (χ4n) is 4.62. The van der Waals surface area contributed by atoms with Crippen LogP contribution in [0, 0.1) is 0 Å². The second-order valence-electron chi connectivity index (χ2n) is 7.48. The zero-order chi connectivity index (χ0) is 16.0. The number of fused-ring (bicyclic) bond motifs is 2. The van der Waals surface area contributed by atoms with Gasteiger partial charge in [-0.2, -0.15) is 0 Å². The third-order valence-corrected chi connectivity index (χ3v) is 5.79. The van der Waals surface area contributed by atoms with Crippen molar-refractivity contribution in [2.45, 2.75) is 50.0 Å². The van der Waals surface area contributed by atoms with Gasteiger partial charge in [0.05, 0.1) is 16.8 Å². The van der Waals surface area contributed by atoms with Crippen molar-refractivity contribution in [2.75, 3.05) is 36.5 Å². The first-order valence-electron chi connectivity index (χ1n) is 8.79. The molecule has 1 spiro atoms. The molecule has 23 heavy (non-hydrogen) atoms. The Labute approximate surface area is 137 Å². The van der Waals surface area contributed by atoms with Crippen LogP contribution in [0.2, 0.25) is 0 Å². The SMILES string of the molecule is CN1CCCC(Nc2cc(N)cc3c2NC(=O)C32CCCC2)C1. The Morgan fingerprint density at radius 1 is 1.30 bits per heavy atom. The normalized spacial score (nSPS) is 26.3. The number of carbonyl (C=O) groups excluding carboxylic acids is 1. The molecule has 1 unspecified atom stereocenters. The number of piperidine rings is 1. The Hall–Kier alpha value is -1.75. The molecule has 1 saturated heterocycles. The summed E-state index contributed by atoms with van der Waals surface area (Å²) >= 11 is 0. The number of nitrogens with one attached hydrogen (secondary N) is 2. The van der Waals surface area contributed by atoms with E-state index in [2.05, 4.69) is 22.6 Å². The summed E-state index contributed by atoms with van der Waals surface area (Å²) in [5.41, 5.74) is 9.68. The van der Waals surface area contributed by atoms with Gasteiger partial charge in [0.25, 0.3) is 0 Å². The number of benzene rings is 1. The number of nitrogen functional groups attached to an aromatic ring is 1. The van der Waals surface area contributed by atoms with Crippen LogP contribution in [0.25, 0.3) is 0 Å². The van der Waals surface area contributed by atoms with E-state index < -0.39 is 0 Å². The molecule has 0 aromatic heterocycles. The lowest BCUT2D eigenvalue weighted by atomic mass is 9.80. The number of anilines is 3. The summed E-state index contributed by atoms with van der Waals surface area (Å²) in [6, 6.07) is 4.40. The molecule has 0 radical (unpaired) electrons. The Bertz CT molecular complexity index is 636. The van der Waals surface area contributed by atoms with E-state index in [0.29, 0.717) is 6.04 Å². The zero-order valence-electron chi connectivity index (χ0n) is 13.8. The minimum atomic E-state index is -0.329. The van der Waals surface area contributed by atoms with Gasteiger partial charge in [-0.05, 0) is 57.0 Å². The van der Waals surface area contributed by atoms with Crippen molar-refractivity contribution in [3.63, 3.8) is 0 Å². The van der Waals surface area contributed by atoms with Crippen molar-refractivity contribution >= 4 is 23.0 Å². The minimum Gasteiger partial charge on any atom is -0.399 e. The fraction of sp³-hybridized carbons (Fsp3) is 0.611. The van der Waals surface area contributed by atoms with Crippen LogP contribution in [0.1, 0.15) is 44.1 Å². The second kappa shape index (κ2) is 5.41. The summed E-state index contributed by atoms with van der Waals surface area (Å²) < 4.78 is 0. The molecule has 2 heterocycles. The van der Waals surface area contributed by atoms with Crippen LogP contribution >= 0.6 is 0 Å². The average molecular weight is 314 g/mol. The number of likely N-dealkylation sites (tertiary alicyclic amines) is 1. The number of hydrogen-bond donors (Lipinski definition) is 3. The maximum atomic E-state index is 12.7. The summed E-state index contributed by atoms with van der Waals surface area (Å²) in [6.07, 6.45) is 6.50. The van der Waals surface area contributed by atoms with E-state index in [9.17, 15) is 4.79 Å². The van der Waals surface area contributed by atoms with Crippen molar-refractivity contribution in [3.05, 3.63) is 17.7 Å². The molecule has 5 heteroatoms. The summed E-state index contributed by atoms with van der Waals surface area (Å²) in [7, 11) is 2.16. The largest absolute Gasteiger partial charge is 0.399 e. The molecule has 1 aliphatic carbocycles. The lowest BCUT2D eigenvalue weighted by Crippen LogP contribution is -2.39. The van der Waals surface area contributed by atoms with Crippen LogP contribution in [-0.2, 0) is 10.2 Å². The van der Waals surface area contributed by atoms with Crippen LogP contribution in [0.4, 0.5) is 17.1 Å². The quantitative estimate of drug-likeness (QED) is 0.734. The van der Waals surface area contributed by atoms with Crippen molar-refractivity contribution in [1.82, 2.24) is 4.90 Å². The number of hydrogen-bond acceptors (Lipinski definition) is 4. The molecule has 1 atom stereocenters. The van der Waals surface area contributed by atoms with E-state index in [1.54, 1.807) is 0 Å². The predicted octanol–water partition coefficient (Wildman–Crippen LogP) is 2.54. The van der Waals surface area contributed by atoms with Gasteiger partial charge in [0.2, 0.25) is 5.91 Å². The van der Waals surface area contributed by atoms with Gasteiger partial charge < -0.3 is 21.3 Å². The number of nitrogens with two attached hydrogens (primary N) is 1. The van der Waals surface area contributed by atoms with Gasteiger partial charge in [-0.1, -0.05) is 12.8 Å². The molecular weight excluding hydrogens is 288 g/mol. The number of rotatable bonds is 2. The van der Waals surface area contributed by atoms with Crippen LogP contribution in [0.5, 0.6) is 0 Å². The third kappa shape index (κ3) is 2.38. The molecule has 2 aliphatic heterocycles. The van der Waals surface area contributed by atoms with E-state index in [4.69, 9.17) is 5.73 Å². The highest BCUT2D eigenvalue weighted by Gasteiger charge is 2.49. The van der Waals surface area contributed by atoms with Gasteiger partial charge in [0.1, 0.15) is 0 Å². The van der Waals surface area contributed by atoms with Crippen molar-refractivity contribution in [1.29, 1.82) is 0 Å². The van der Waals surface area contributed by atoms with Crippen molar-refractivity contribution < 1.29 is 4.79 Å². The lowest BCUT2D eigenvalue weighted by molar-refractivity contribution is -0.120. The monoisotopic (exact) mass is 314 g/mol. The standard InChI is InChI=1S/C18H26N4O/c1-22-8-4-5-13(11-22)20-15-10-12(19)9-14-16(15)21-17(23)18(14)6-2-3-7-18/h9-10,13,20H,2-8,11,19H2,1H3,(H,21,23). The van der Waals surface area contributed by atoms with Gasteiger partial charge >= 0.3 is 0 Å². The van der Waals surface area contributed by atoms with Crippen molar-refractivity contribution in [2.24, 2.45) is 0 Å². The van der Waals surface area contributed by atoms with Gasteiger partial charge in [0, 0.05) is 18.3 Å². The first-order chi connectivity index (χ1) is 11.1. The second-order valence-corrected chi connectivity index (χ2v) is 7.48. The van der Waals surface area contributed by atoms with E-state index in [0.717, 1.165) is 67.8 Å². The Balaban J connectivity index is 1.68. The first-order valence-corrected chi connectivity index (χ1v) is 8.79. The molecule has 5 nitrogen and oxygen atoms in total. The molecule has 4 N–H and O–H groups in total. The van der Waals surface area contributed by atoms with Crippen LogP contribution in [0.15, 0.2) is 12.1 Å². The molecule has 1 aromatic carbocycles. The smallest absolute Gasteiger partial charge is 0.235 e. The lowest BCUT2D eigenvalue weighted by Gasteiger charge is -2.31. The minimum absolute atomic E-state index is 0.166. The number of amides is 1. The zero-order valence-corrected chi connectivity index (χ0v) is 13.8. The third-order valence-electron chi connectivity index (χ3n) is 5.79. The summed E-state index contributed by atoms with van der Waals surface area (Å²) in [4.78, 5) is 15.0. The molecule has 0 bridgehead atoms. The topological polar surface area (TPSA) is 70.4 Å². The highest BCUT2D eigenvalue weighted by molar-refractivity contribution is 6.10. The fourth-order valence-corrected chi connectivity index (χ4v) is 4.62. The van der Waals surface area contributed by atoms with Gasteiger partial charge in [-0.25, -0.2) is 0 Å². The van der Waals surface area contributed by atoms with E-state index in [1.807, 2.05) is 12.1 Å². The Morgan fingerprint density at radius 2 is 2.09 bits per heavy atom. The highest BCUT2D eigenvalue weighted by atomic mass is 16.2. The average Bonchev–Trinajstić information content (AvgIpc) is 3.09. The molecule has 1 aromatic rings. The summed E-state index contributed by atoms with van der Waals surface area (Å²) in [6.45, 7) is 2.19. The van der Waals surface area contributed by atoms with Crippen LogP contribution in [0.3, 0.4) is 0 Å². The highest BCUT2D eigenvalue weighted by Crippen LogP contribution is 2.51. The van der Waals surface area contributed by atoms with E-state index >= 15 is 0 Å². The molecule has 124 valence electrons. The maximum absolute atomic E-state index is 12.7. The molecular formula is C18H26N4O. The molecule has 4 rings (SSSR count). The maximum Gasteiger partial charge on any atom is 0.235 e. The number of carbonyl (C=O) groups is 1. The van der Waals surface area contributed by atoms with Crippen LogP contribution < -0.4 is 16.4 Å². The molecule has 3 aliphatic rings. The summed E-state index contributed by atoms with van der Waals surface area (Å²) in [5, 5.41) is 6.80. The molecule has 1 amide bonds. The van der Waals surface area contributed by atoms with Gasteiger partial charge in [-0.3, -0.25) is 4.79 Å². The van der Waals surface area contributed by atoms with Crippen LogP contribution in [-0.4, -0.2) is 37.0 Å². The van der Waals surface area contributed by atoms with Gasteiger partial charge in [-0.15, -0.1) is 0 Å². The Morgan fingerprint density at radius 3 is 2.83 bits per heavy atom. The predicted molar refractivity (Wildman–Crippen MR) is 93.8 cm³/mol. The number of nitrogens with zero attached hydrogens (tertiary/aromatic N) is 1. The molecule has 2 fully saturated rings. The van der Waals surface area contributed by atoms with Gasteiger partial charge in [0.15, 0.2) is 0 Å². The first kappa shape index (κ1) is 14.8. The number of likely N-dealkylation sites (N-methyl/N-ethyl adjacent to an activating group) is 1. The van der Waals surface area contributed by atoms with Crippen molar-refractivity contribution in [3.8, 4) is 0 Å². The molecule has 1 saturated carbocycles. The Kier molecular flexibility index (Phi) is 3.48. The van der Waals surface area contributed by atoms with E-state index in [-0.39, 0.29) is 11.3 Å². The summed E-state index contributed by atoms with van der Waals surface area (Å²) in [5.74, 6) is 0.166. The van der Waals surface area contributed by atoms with E-state index in [1.165, 1.54) is 6.42 Å².